The largest absolute Gasteiger partial charge is 0.444 e. The number of rotatable bonds is 7. The zero-order valence-electron chi connectivity index (χ0n) is 15.1. The molecule has 1 rings (SSSR count). The highest BCUT2D eigenvalue weighted by Gasteiger charge is 2.28. The summed E-state index contributed by atoms with van der Waals surface area (Å²) in [5, 5.41) is 6.51. The van der Waals surface area contributed by atoms with Crippen LogP contribution in [0.2, 0.25) is 0 Å². The third-order valence-corrected chi connectivity index (χ3v) is 4.25. The zero-order chi connectivity index (χ0) is 16.8. The molecule has 1 aliphatic carbocycles. The molecule has 2 N–H and O–H groups in total. The van der Waals surface area contributed by atoms with Gasteiger partial charge in [0.25, 0.3) is 0 Å². The van der Waals surface area contributed by atoms with Crippen LogP contribution >= 0.6 is 0 Å². The molecule has 22 heavy (non-hydrogen) atoms. The van der Waals surface area contributed by atoms with E-state index in [9.17, 15) is 4.79 Å². The van der Waals surface area contributed by atoms with E-state index in [4.69, 9.17) is 9.47 Å². The minimum absolute atomic E-state index is 0.326. The maximum absolute atomic E-state index is 11.8. The van der Waals surface area contributed by atoms with E-state index < -0.39 is 5.60 Å². The number of alkyl carbamates (subject to hydrolysis) is 1. The van der Waals surface area contributed by atoms with Crippen LogP contribution in [0.15, 0.2) is 0 Å². The van der Waals surface area contributed by atoms with E-state index in [1.54, 1.807) is 7.11 Å². The van der Waals surface area contributed by atoms with Crippen LogP contribution in [-0.2, 0) is 9.47 Å². The maximum atomic E-state index is 11.8. The van der Waals surface area contributed by atoms with Gasteiger partial charge in [0.15, 0.2) is 0 Å². The molecule has 0 aromatic heterocycles. The first-order valence-corrected chi connectivity index (χ1v) is 8.46. The third-order valence-electron chi connectivity index (χ3n) is 4.25. The van der Waals surface area contributed by atoms with Crippen molar-refractivity contribution >= 4 is 6.09 Å². The average molecular weight is 314 g/mol. The number of hydrogen-bond acceptors (Lipinski definition) is 4. The predicted molar refractivity (Wildman–Crippen MR) is 89.0 cm³/mol. The summed E-state index contributed by atoms with van der Waals surface area (Å²) in [4.78, 5) is 11.8. The summed E-state index contributed by atoms with van der Waals surface area (Å²) in [5.74, 6) is 0.871. The summed E-state index contributed by atoms with van der Waals surface area (Å²) in [6.45, 7) is 11.5. The molecular formula is C17H34N2O3. The Morgan fingerprint density at radius 2 is 1.91 bits per heavy atom. The van der Waals surface area contributed by atoms with Crippen molar-refractivity contribution < 1.29 is 14.3 Å². The Kier molecular flexibility index (Phi) is 7.63. The second kappa shape index (κ2) is 8.73. The van der Waals surface area contributed by atoms with Crippen molar-refractivity contribution in [1.82, 2.24) is 10.6 Å². The Labute approximate surface area is 135 Å². The Morgan fingerprint density at radius 1 is 1.23 bits per heavy atom. The standard InChI is InChI=1S/C17H34N2O3/c1-12(2)13(11-19-16(20)22-17(3,4)5)10-18-14-8-7-9-15(14)21-6/h12-15,18H,7-11H2,1-6H3,(H,19,20). The van der Waals surface area contributed by atoms with Gasteiger partial charge in [0, 0.05) is 26.2 Å². The molecule has 0 bridgehead atoms. The van der Waals surface area contributed by atoms with Gasteiger partial charge in [-0.2, -0.15) is 0 Å². The molecule has 0 heterocycles. The van der Waals surface area contributed by atoms with Crippen molar-refractivity contribution in [3.63, 3.8) is 0 Å². The lowest BCUT2D eigenvalue weighted by Gasteiger charge is -2.27. The first-order chi connectivity index (χ1) is 10.2. The molecular weight excluding hydrogens is 280 g/mol. The van der Waals surface area contributed by atoms with Crippen LogP contribution in [0.25, 0.3) is 0 Å². The molecule has 0 saturated heterocycles. The van der Waals surface area contributed by atoms with E-state index >= 15 is 0 Å². The fourth-order valence-electron chi connectivity index (χ4n) is 2.82. The Bertz CT molecular complexity index is 339. The number of hydrogen-bond donors (Lipinski definition) is 2. The quantitative estimate of drug-likeness (QED) is 0.758. The van der Waals surface area contributed by atoms with Gasteiger partial charge >= 0.3 is 6.09 Å². The highest BCUT2D eigenvalue weighted by atomic mass is 16.6. The van der Waals surface area contributed by atoms with Gasteiger partial charge < -0.3 is 20.1 Å². The topological polar surface area (TPSA) is 59.6 Å². The van der Waals surface area contributed by atoms with Gasteiger partial charge in [-0.1, -0.05) is 13.8 Å². The lowest BCUT2D eigenvalue weighted by Crippen LogP contribution is -2.44. The minimum atomic E-state index is -0.453. The fourth-order valence-corrected chi connectivity index (χ4v) is 2.82. The second-order valence-electron chi connectivity index (χ2n) is 7.61. The third kappa shape index (κ3) is 6.97. The van der Waals surface area contributed by atoms with Crippen LogP contribution in [-0.4, -0.2) is 44.0 Å². The smallest absolute Gasteiger partial charge is 0.407 e. The molecule has 0 aromatic carbocycles. The second-order valence-corrected chi connectivity index (χ2v) is 7.61. The Morgan fingerprint density at radius 3 is 2.45 bits per heavy atom. The van der Waals surface area contributed by atoms with E-state index in [0.29, 0.717) is 30.5 Å². The molecule has 5 heteroatoms. The van der Waals surface area contributed by atoms with Crippen LogP contribution < -0.4 is 10.6 Å². The summed E-state index contributed by atoms with van der Waals surface area (Å²) in [7, 11) is 1.79. The first-order valence-electron chi connectivity index (χ1n) is 8.46. The lowest BCUT2D eigenvalue weighted by molar-refractivity contribution is 0.0511. The van der Waals surface area contributed by atoms with E-state index in [-0.39, 0.29) is 6.09 Å². The average Bonchev–Trinajstić information content (AvgIpc) is 2.83. The summed E-state index contributed by atoms with van der Waals surface area (Å²) in [5.41, 5.74) is -0.453. The van der Waals surface area contributed by atoms with E-state index in [0.717, 1.165) is 13.0 Å². The number of methoxy groups -OCH3 is 1. The van der Waals surface area contributed by atoms with Crippen molar-refractivity contribution in [2.24, 2.45) is 11.8 Å². The molecule has 1 saturated carbocycles. The van der Waals surface area contributed by atoms with Crippen LogP contribution in [0.1, 0.15) is 53.9 Å². The van der Waals surface area contributed by atoms with Crippen LogP contribution in [0.5, 0.6) is 0 Å². The summed E-state index contributed by atoms with van der Waals surface area (Å²) < 4.78 is 10.8. The molecule has 130 valence electrons. The molecule has 3 atom stereocenters. The van der Waals surface area contributed by atoms with Gasteiger partial charge in [-0.05, 0) is 51.9 Å². The SMILES string of the molecule is COC1CCCC1NCC(CNC(=O)OC(C)(C)C)C(C)C. The van der Waals surface area contributed by atoms with Crippen LogP contribution in [0, 0.1) is 11.8 Å². The van der Waals surface area contributed by atoms with Crippen LogP contribution in [0.3, 0.4) is 0 Å². The van der Waals surface area contributed by atoms with E-state index in [1.165, 1.54) is 12.8 Å². The normalized spacial score (nSPS) is 23.6. The monoisotopic (exact) mass is 314 g/mol. The van der Waals surface area contributed by atoms with Gasteiger partial charge in [-0.25, -0.2) is 4.79 Å². The van der Waals surface area contributed by atoms with E-state index in [1.807, 2.05) is 20.8 Å². The maximum Gasteiger partial charge on any atom is 0.407 e. The Hall–Kier alpha value is -0.810. The highest BCUT2D eigenvalue weighted by Crippen LogP contribution is 2.22. The summed E-state index contributed by atoms with van der Waals surface area (Å²) in [6.07, 6.45) is 3.51. The van der Waals surface area contributed by atoms with Gasteiger partial charge in [0.05, 0.1) is 6.10 Å². The van der Waals surface area contributed by atoms with Crippen molar-refractivity contribution in [1.29, 1.82) is 0 Å². The molecule has 0 radical (unpaired) electrons. The molecule has 1 fully saturated rings. The number of carbonyl (C=O) groups is 1. The highest BCUT2D eigenvalue weighted by molar-refractivity contribution is 5.67. The molecule has 0 aromatic rings. The van der Waals surface area contributed by atoms with E-state index in [2.05, 4.69) is 24.5 Å². The first kappa shape index (κ1) is 19.2. The number of ether oxygens (including phenoxy) is 2. The minimum Gasteiger partial charge on any atom is -0.444 e. The van der Waals surface area contributed by atoms with Crippen molar-refractivity contribution in [3.05, 3.63) is 0 Å². The molecule has 0 spiro atoms. The van der Waals surface area contributed by atoms with Crippen LogP contribution in [0.4, 0.5) is 4.79 Å². The van der Waals surface area contributed by atoms with Gasteiger partial charge in [-0.15, -0.1) is 0 Å². The van der Waals surface area contributed by atoms with Gasteiger partial charge in [0.1, 0.15) is 5.60 Å². The van der Waals surface area contributed by atoms with Crippen molar-refractivity contribution in [3.8, 4) is 0 Å². The fraction of sp³-hybridized carbons (Fsp3) is 0.941. The molecule has 0 aliphatic heterocycles. The van der Waals surface area contributed by atoms with Crippen molar-refractivity contribution in [2.45, 2.75) is 71.6 Å². The Balaban J connectivity index is 2.37. The molecule has 1 aliphatic rings. The molecule has 3 unspecified atom stereocenters. The number of nitrogens with one attached hydrogen (secondary N) is 2. The zero-order valence-corrected chi connectivity index (χ0v) is 15.1. The number of carbonyl (C=O) groups excluding carboxylic acids is 1. The van der Waals surface area contributed by atoms with Crippen molar-refractivity contribution in [2.75, 3.05) is 20.2 Å². The number of amides is 1. The summed E-state index contributed by atoms with van der Waals surface area (Å²) >= 11 is 0. The lowest BCUT2D eigenvalue weighted by atomic mass is 9.95. The molecule has 1 amide bonds. The summed E-state index contributed by atoms with van der Waals surface area (Å²) in [6, 6.07) is 0.438. The van der Waals surface area contributed by atoms with Gasteiger partial charge in [-0.3, -0.25) is 0 Å². The van der Waals surface area contributed by atoms with Gasteiger partial charge in [0.2, 0.25) is 0 Å². The predicted octanol–water partition coefficient (Wildman–Crippen LogP) is 2.94. The molecule has 5 nitrogen and oxygen atoms in total.